The maximum Gasteiger partial charge on any atom is 0.00956 e. The highest BCUT2D eigenvalue weighted by atomic mass is 14.4. The van der Waals surface area contributed by atoms with Gasteiger partial charge in [0.2, 0.25) is 0 Å². The number of hydrogen-bond donors (Lipinski definition) is 0. The molecule has 0 nitrogen and oxygen atoms in total. The molecule has 35 heavy (non-hydrogen) atoms. The van der Waals surface area contributed by atoms with Crippen molar-refractivity contribution in [2.75, 3.05) is 0 Å². The van der Waals surface area contributed by atoms with Crippen molar-refractivity contribution in [1.82, 2.24) is 0 Å². The lowest BCUT2D eigenvalue weighted by Gasteiger charge is -2.38. The maximum atomic E-state index is 2.61. The van der Waals surface area contributed by atoms with Crippen LogP contribution < -0.4 is 0 Å². The van der Waals surface area contributed by atoms with E-state index in [-0.39, 0.29) is 27.1 Å². The van der Waals surface area contributed by atoms with Crippen molar-refractivity contribution in [1.29, 1.82) is 0 Å². The van der Waals surface area contributed by atoms with E-state index in [9.17, 15) is 0 Å². The predicted molar refractivity (Wildman–Crippen MR) is 159 cm³/mol. The highest BCUT2D eigenvalue weighted by Gasteiger charge is 2.35. The molecule has 0 radical (unpaired) electrons. The summed E-state index contributed by atoms with van der Waals surface area (Å²) in [5, 5.41) is 0. The van der Waals surface area contributed by atoms with Gasteiger partial charge in [-0.25, -0.2) is 0 Å². The Kier molecular flexibility index (Phi) is 7.96. The lowest BCUT2D eigenvalue weighted by atomic mass is 9.66. The summed E-state index contributed by atoms with van der Waals surface area (Å²) in [6.07, 6.45) is 1.09. The fourth-order valence-corrected chi connectivity index (χ4v) is 5.62. The second-order valence-corrected chi connectivity index (χ2v) is 16.0. The lowest BCUT2D eigenvalue weighted by Crippen LogP contribution is -2.28. The molecule has 0 heterocycles. The summed E-state index contributed by atoms with van der Waals surface area (Å²) in [6, 6.07) is 12.2. The fraction of sp³-hybridized carbons (Fsp3) is 0.657. The average molecular weight is 477 g/mol. The topological polar surface area (TPSA) is 0 Å². The van der Waals surface area contributed by atoms with Crippen molar-refractivity contribution in [2.45, 2.75) is 150 Å². The monoisotopic (exact) mass is 476 g/mol. The molecule has 1 atom stereocenters. The Morgan fingerprint density at radius 1 is 0.486 bits per heavy atom. The van der Waals surface area contributed by atoms with Crippen LogP contribution in [-0.4, -0.2) is 0 Å². The van der Waals surface area contributed by atoms with Gasteiger partial charge < -0.3 is 0 Å². The van der Waals surface area contributed by atoms with Crippen LogP contribution in [-0.2, 0) is 27.1 Å². The van der Waals surface area contributed by atoms with Crippen LogP contribution in [0.15, 0.2) is 30.3 Å². The van der Waals surface area contributed by atoms with Gasteiger partial charge in [0.05, 0.1) is 0 Å². The van der Waals surface area contributed by atoms with E-state index in [1.807, 2.05) is 0 Å². The Hall–Kier alpha value is -1.56. The van der Waals surface area contributed by atoms with E-state index in [2.05, 4.69) is 141 Å². The Morgan fingerprint density at radius 2 is 0.829 bits per heavy atom. The Balaban J connectivity index is 3.13. The Bertz CT molecular complexity index is 996. The van der Waals surface area contributed by atoms with Crippen LogP contribution in [0.1, 0.15) is 162 Å². The first-order chi connectivity index (χ1) is 15.5. The van der Waals surface area contributed by atoms with Crippen molar-refractivity contribution in [3.63, 3.8) is 0 Å². The van der Waals surface area contributed by atoms with Gasteiger partial charge >= 0.3 is 0 Å². The summed E-state index contributed by atoms with van der Waals surface area (Å²) in [5.41, 5.74) is 11.0. The molecular weight excluding hydrogens is 420 g/mol. The average Bonchev–Trinajstić information content (AvgIpc) is 2.64. The molecule has 196 valence electrons. The van der Waals surface area contributed by atoms with E-state index in [0.29, 0.717) is 5.92 Å². The molecule has 0 bridgehead atoms. The number of rotatable bonds is 3. The van der Waals surface area contributed by atoms with E-state index in [1.165, 1.54) is 33.4 Å². The molecule has 0 aromatic heterocycles. The quantitative estimate of drug-likeness (QED) is 0.413. The molecule has 0 saturated carbocycles. The zero-order chi connectivity index (χ0) is 27.4. The Labute approximate surface area is 219 Å². The zero-order valence-corrected chi connectivity index (χ0v) is 26.2. The second kappa shape index (κ2) is 9.39. The van der Waals surface area contributed by atoms with Crippen LogP contribution >= 0.6 is 0 Å². The minimum atomic E-state index is 0.0672. The number of benzene rings is 2. The summed E-state index contributed by atoms with van der Waals surface area (Å²) in [7, 11) is 0. The van der Waals surface area contributed by atoms with Gasteiger partial charge in [0.15, 0.2) is 0 Å². The maximum absolute atomic E-state index is 2.61. The van der Waals surface area contributed by atoms with Crippen molar-refractivity contribution in [2.24, 2.45) is 0 Å². The number of hydrogen-bond acceptors (Lipinski definition) is 0. The van der Waals surface area contributed by atoms with E-state index in [0.717, 1.165) is 6.42 Å². The van der Waals surface area contributed by atoms with Crippen LogP contribution in [0.25, 0.3) is 0 Å². The fourth-order valence-electron chi connectivity index (χ4n) is 5.62. The molecule has 0 saturated heterocycles. The van der Waals surface area contributed by atoms with Gasteiger partial charge in [-0.2, -0.15) is 0 Å². The highest BCUT2D eigenvalue weighted by Crippen LogP contribution is 2.47. The summed E-state index contributed by atoms with van der Waals surface area (Å²) in [5.74, 6) is 0.365. The first kappa shape index (κ1) is 29.7. The van der Waals surface area contributed by atoms with Crippen LogP contribution in [0.4, 0.5) is 0 Å². The van der Waals surface area contributed by atoms with E-state index >= 15 is 0 Å². The third-order valence-corrected chi connectivity index (χ3v) is 7.47. The molecule has 1 unspecified atom stereocenters. The largest absolute Gasteiger partial charge is 0.0645 e. The first-order valence-corrected chi connectivity index (χ1v) is 13.8. The van der Waals surface area contributed by atoms with Crippen LogP contribution in [0, 0.1) is 0 Å². The zero-order valence-electron chi connectivity index (χ0n) is 26.2. The molecule has 2 aromatic carbocycles. The van der Waals surface area contributed by atoms with Gasteiger partial charge in [-0.15, -0.1) is 0 Å². The van der Waals surface area contributed by atoms with Gasteiger partial charge in [0, 0.05) is 5.92 Å². The normalized spacial score (nSPS) is 14.9. The third-order valence-electron chi connectivity index (χ3n) is 7.47. The summed E-state index contributed by atoms with van der Waals surface area (Å²) in [6.45, 7) is 38.0. The molecule has 0 amide bonds. The molecule has 0 spiro atoms. The molecular formula is C35H56. The van der Waals surface area contributed by atoms with Crippen molar-refractivity contribution in [3.05, 3.63) is 69.3 Å². The first-order valence-electron chi connectivity index (χ1n) is 13.8. The van der Waals surface area contributed by atoms with E-state index in [1.54, 1.807) is 5.56 Å². The smallest absolute Gasteiger partial charge is 0.00956 e. The summed E-state index contributed by atoms with van der Waals surface area (Å²) in [4.78, 5) is 0. The lowest BCUT2D eigenvalue weighted by molar-refractivity contribution is 0.513. The Morgan fingerprint density at radius 3 is 1.14 bits per heavy atom. The summed E-state index contributed by atoms with van der Waals surface area (Å²) < 4.78 is 0. The van der Waals surface area contributed by atoms with Crippen LogP contribution in [0.5, 0.6) is 0 Å². The molecule has 0 heteroatoms. The van der Waals surface area contributed by atoms with E-state index in [4.69, 9.17) is 0 Å². The van der Waals surface area contributed by atoms with E-state index < -0.39 is 0 Å². The van der Waals surface area contributed by atoms with Gasteiger partial charge in [-0.1, -0.05) is 141 Å². The molecule has 0 aliphatic carbocycles. The van der Waals surface area contributed by atoms with Crippen LogP contribution in [0.3, 0.4) is 0 Å². The summed E-state index contributed by atoms with van der Waals surface area (Å²) >= 11 is 0. The minimum Gasteiger partial charge on any atom is -0.0645 e. The van der Waals surface area contributed by atoms with Gasteiger partial charge in [-0.05, 0) is 72.4 Å². The standard InChI is InChI=1S/C35H56/c1-17-23(30-25(31(2,3)4)19-18-20-26(30)32(5,6)7)24-21-28(34(11,12)13)29(35(14,15)16)22-27(24)33(8,9)10/h18-23H,17H2,1-16H3. The van der Waals surface area contributed by atoms with Gasteiger partial charge in [0.25, 0.3) is 0 Å². The van der Waals surface area contributed by atoms with Gasteiger partial charge in [0.1, 0.15) is 0 Å². The molecule has 2 rings (SSSR count). The second-order valence-electron chi connectivity index (χ2n) is 16.0. The third kappa shape index (κ3) is 6.42. The molecule has 0 N–H and O–H groups in total. The molecule has 0 fully saturated rings. The van der Waals surface area contributed by atoms with Crippen molar-refractivity contribution in [3.8, 4) is 0 Å². The molecule has 2 aromatic rings. The van der Waals surface area contributed by atoms with Gasteiger partial charge in [-0.3, -0.25) is 0 Å². The molecule has 0 aliphatic rings. The van der Waals surface area contributed by atoms with Crippen LogP contribution in [0.2, 0.25) is 0 Å². The SMILES string of the molecule is CCC(c1cc(C(C)(C)C)c(C(C)(C)C)cc1C(C)(C)C)c1c(C(C)(C)C)cccc1C(C)(C)C. The van der Waals surface area contributed by atoms with Crippen molar-refractivity contribution < 1.29 is 0 Å². The predicted octanol–water partition coefficient (Wildman–Crippen LogP) is 10.7. The van der Waals surface area contributed by atoms with Crippen molar-refractivity contribution >= 4 is 0 Å². The highest BCUT2D eigenvalue weighted by molar-refractivity contribution is 5.55. The minimum absolute atomic E-state index is 0.0672. The molecule has 0 aliphatic heterocycles.